The van der Waals surface area contributed by atoms with E-state index in [4.69, 9.17) is 0 Å². The average Bonchev–Trinajstić information content (AvgIpc) is 3.43. The highest BCUT2D eigenvalue weighted by atomic mass is 32.1. The van der Waals surface area contributed by atoms with Gasteiger partial charge in [-0.15, -0.1) is 11.3 Å². The molecule has 33 heavy (non-hydrogen) atoms. The lowest BCUT2D eigenvalue weighted by molar-refractivity contribution is -0.139. The molecule has 0 unspecified atom stereocenters. The summed E-state index contributed by atoms with van der Waals surface area (Å²) in [7, 11) is 0. The van der Waals surface area contributed by atoms with Crippen LogP contribution in [0.5, 0.6) is 0 Å². The van der Waals surface area contributed by atoms with Crippen molar-refractivity contribution >= 4 is 28.8 Å². The number of ketones is 1. The highest BCUT2D eigenvalue weighted by Crippen LogP contribution is 2.41. The van der Waals surface area contributed by atoms with Crippen LogP contribution < -0.4 is 0 Å². The first-order valence-corrected chi connectivity index (χ1v) is 13.0. The number of benzene rings is 1. The molecular weight excluding hydrogens is 432 g/mol. The second kappa shape index (κ2) is 12.1. The Bertz CT molecular complexity index is 942. The molecule has 0 bridgehead atoms. The molecule has 1 atom stereocenters. The van der Waals surface area contributed by atoms with E-state index in [0.29, 0.717) is 12.1 Å². The van der Waals surface area contributed by atoms with E-state index < -0.39 is 17.7 Å². The van der Waals surface area contributed by atoms with Gasteiger partial charge >= 0.3 is 0 Å². The van der Waals surface area contributed by atoms with Crippen molar-refractivity contribution in [1.82, 2.24) is 9.80 Å². The van der Waals surface area contributed by atoms with Crippen LogP contribution in [-0.4, -0.2) is 52.8 Å². The van der Waals surface area contributed by atoms with Crippen molar-refractivity contribution in [3.05, 3.63) is 63.4 Å². The van der Waals surface area contributed by atoms with Crippen LogP contribution >= 0.6 is 11.3 Å². The number of hydrogen-bond acceptors (Lipinski definition) is 5. The maximum Gasteiger partial charge on any atom is 0.295 e. The molecule has 1 fully saturated rings. The van der Waals surface area contributed by atoms with Gasteiger partial charge < -0.3 is 14.9 Å². The predicted molar refractivity (Wildman–Crippen MR) is 135 cm³/mol. The number of hydrogen-bond donors (Lipinski definition) is 1. The van der Waals surface area contributed by atoms with Crippen molar-refractivity contribution in [3.8, 4) is 0 Å². The third-order valence-electron chi connectivity index (χ3n) is 6.21. The first-order valence-electron chi connectivity index (χ1n) is 12.1. The number of Topliss-reactive ketones (excluding diaryl/α,β-unsaturated/α-hetero) is 1. The molecule has 0 aliphatic carbocycles. The Labute approximate surface area is 201 Å². The van der Waals surface area contributed by atoms with E-state index in [9.17, 15) is 14.7 Å². The van der Waals surface area contributed by atoms with Gasteiger partial charge in [-0.1, -0.05) is 62.6 Å². The molecular formula is C27H36N2O3S. The number of aryl methyl sites for hydroxylation is 1. The maximum atomic E-state index is 13.1. The second-order valence-electron chi connectivity index (χ2n) is 8.78. The summed E-state index contributed by atoms with van der Waals surface area (Å²) in [6.07, 6.45) is 5.45. The molecule has 1 N–H and O–H groups in total. The van der Waals surface area contributed by atoms with Crippen molar-refractivity contribution in [2.24, 2.45) is 0 Å². The number of carbonyl (C=O) groups is 2. The molecule has 2 heterocycles. The van der Waals surface area contributed by atoms with Gasteiger partial charge in [0.25, 0.3) is 11.7 Å². The summed E-state index contributed by atoms with van der Waals surface area (Å²) in [5.41, 5.74) is 1.82. The van der Waals surface area contributed by atoms with Gasteiger partial charge in [-0.25, -0.2) is 0 Å². The van der Waals surface area contributed by atoms with Crippen LogP contribution in [0.25, 0.3) is 5.76 Å². The van der Waals surface area contributed by atoms with Crippen molar-refractivity contribution in [1.29, 1.82) is 0 Å². The van der Waals surface area contributed by atoms with Crippen LogP contribution in [0.1, 0.15) is 68.0 Å². The predicted octanol–water partition coefficient (Wildman–Crippen LogP) is 5.77. The van der Waals surface area contributed by atoms with E-state index in [-0.39, 0.29) is 11.3 Å². The molecule has 0 radical (unpaired) electrons. The Morgan fingerprint density at radius 3 is 2.21 bits per heavy atom. The quantitative estimate of drug-likeness (QED) is 0.244. The molecule has 2 aromatic rings. The number of aliphatic hydroxyl groups is 1. The first-order chi connectivity index (χ1) is 16.0. The van der Waals surface area contributed by atoms with Crippen LogP contribution in [-0.2, 0) is 9.59 Å². The Kier molecular flexibility index (Phi) is 9.27. The average molecular weight is 469 g/mol. The number of rotatable bonds is 12. The van der Waals surface area contributed by atoms with Gasteiger partial charge in [-0.3, -0.25) is 9.59 Å². The highest BCUT2D eigenvalue weighted by molar-refractivity contribution is 7.10. The van der Waals surface area contributed by atoms with E-state index in [1.807, 2.05) is 36.6 Å². The minimum atomic E-state index is -0.597. The monoisotopic (exact) mass is 468 g/mol. The minimum Gasteiger partial charge on any atom is -0.507 e. The molecule has 1 aliphatic heterocycles. The topological polar surface area (TPSA) is 60.9 Å². The van der Waals surface area contributed by atoms with E-state index in [1.165, 1.54) is 24.2 Å². The van der Waals surface area contributed by atoms with Crippen molar-refractivity contribution in [3.63, 3.8) is 0 Å². The van der Waals surface area contributed by atoms with Crippen LogP contribution in [0.4, 0.5) is 0 Å². The van der Waals surface area contributed by atoms with E-state index >= 15 is 0 Å². The Hall–Kier alpha value is -2.44. The lowest BCUT2D eigenvalue weighted by Crippen LogP contribution is -2.34. The zero-order chi connectivity index (χ0) is 23.8. The zero-order valence-electron chi connectivity index (χ0n) is 20.0. The van der Waals surface area contributed by atoms with Gasteiger partial charge in [0.15, 0.2) is 0 Å². The fourth-order valence-electron chi connectivity index (χ4n) is 4.28. The van der Waals surface area contributed by atoms with Crippen molar-refractivity contribution in [2.45, 2.75) is 58.9 Å². The highest BCUT2D eigenvalue weighted by Gasteiger charge is 2.46. The summed E-state index contributed by atoms with van der Waals surface area (Å²) in [5.74, 6) is -1.21. The number of unbranched alkanes of at least 4 members (excludes halogenated alkanes) is 2. The normalized spacial score (nSPS) is 17.9. The number of aliphatic hydroxyl groups excluding tert-OH is 1. The molecule has 1 aliphatic rings. The van der Waals surface area contributed by atoms with E-state index in [1.54, 1.807) is 17.0 Å². The Balaban J connectivity index is 1.83. The van der Waals surface area contributed by atoms with Crippen LogP contribution in [0.15, 0.2) is 47.4 Å². The third kappa shape index (κ3) is 6.12. The number of carbonyl (C=O) groups excluding carboxylic acids is 2. The standard InChI is InChI=1S/C27H36N2O3S/c1-4-6-15-28(16-7-5-2)17-9-18-29-24(22-10-8-19-33-22)23(26(31)27(29)32)25(30)21-13-11-20(3)12-14-21/h8,10-14,19,24,30H,4-7,9,15-18H2,1-3H3/t24-/m1/s1. The molecule has 0 spiro atoms. The molecule has 3 rings (SSSR count). The summed E-state index contributed by atoms with van der Waals surface area (Å²) in [4.78, 5) is 31.1. The molecule has 6 heteroatoms. The summed E-state index contributed by atoms with van der Waals surface area (Å²) >= 11 is 1.51. The largest absolute Gasteiger partial charge is 0.507 e. The Morgan fingerprint density at radius 1 is 1.00 bits per heavy atom. The Morgan fingerprint density at radius 2 is 1.64 bits per heavy atom. The van der Waals surface area contributed by atoms with Crippen molar-refractivity contribution < 1.29 is 14.7 Å². The van der Waals surface area contributed by atoms with Crippen LogP contribution in [0.3, 0.4) is 0 Å². The fraction of sp³-hybridized carbons (Fsp3) is 0.481. The van der Waals surface area contributed by atoms with Gasteiger partial charge in [-0.2, -0.15) is 0 Å². The maximum absolute atomic E-state index is 13.1. The van der Waals surface area contributed by atoms with Gasteiger partial charge in [-0.05, 0) is 57.3 Å². The summed E-state index contributed by atoms with van der Waals surface area (Å²) in [5, 5.41) is 13.0. The van der Waals surface area contributed by atoms with E-state index in [0.717, 1.165) is 49.3 Å². The molecule has 1 aromatic carbocycles. The lowest BCUT2D eigenvalue weighted by atomic mass is 9.99. The molecule has 0 saturated carbocycles. The van der Waals surface area contributed by atoms with Gasteiger partial charge in [0, 0.05) is 17.0 Å². The lowest BCUT2D eigenvalue weighted by Gasteiger charge is -2.26. The SMILES string of the molecule is CCCCN(CCCC)CCCN1C(=O)C(=O)C(=C(O)c2ccc(C)cc2)[C@H]1c1cccs1. The summed E-state index contributed by atoms with van der Waals surface area (Å²) in [6, 6.07) is 10.7. The van der Waals surface area contributed by atoms with Crippen LogP contribution in [0, 0.1) is 6.92 Å². The third-order valence-corrected chi connectivity index (χ3v) is 7.13. The number of thiophene rings is 1. The van der Waals surface area contributed by atoms with Gasteiger partial charge in [0.1, 0.15) is 5.76 Å². The van der Waals surface area contributed by atoms with Gasteiger partial charge in [0.05, 0.1) is 11.6 Å². The minimum absolute atomic E-state index is 0.0956. The molecule has 178 valence electrons. The first kappa shape index (κ1) is 25.2. The smallest absolute Gasteiger partial charge is 0.295 e. The van der Waals surface area contributed by atoms with Crippen LogP contribution in [0.2, 0.25) is 0 Å². The van der Waals surface area contributed by atoms with Crippen molar-refractivity contribution in [2.75, 3.05) is 26.2 Å². The fourth-order valence-corrected chi connectivity index (χ4v) is 5.13. The molecule has 1 aromatic heterocycles. The number of nitrogens with zero attached hydrogens (tertiary/aromatic N) is 2. The van der Waals surface area contributed by atoms with Gasteiger partial charge in [0.2, 0.25) is 0 Å². The molecule has 5 nitrogen and oxygen atoms in total. The number of amides is 1. The van der Waals surface area contributed by atoms with E-state index in [2.05, 4.69) is 18.7 Å². The molecule has 1 amide bonds. The molecule has 1 saturated heterocycles. The number of likely N-dealkylation sites (tertiary alicyclic amines) is 1. The summed E-state index contributed by atoms with van der Waals surface area (Å²) < 4.78 is 0. The second-order valence-corrected chi connectivity index (χ2v) is 9.76. The summed E-state index contributed by atoms with van der Waals surface area (Å²) in [6.45, 7) is 9.90. The zero-order valence-corrected chi connectivity index (χ0v) is 20.9.